The van der Waals surface area contributed by atoms with E-state index in [1.54, 1.807) is 25.1 Å². The van der Waals surface area contributed by atoms with Gasteiger partial charge in [0.15, 0.2) is 0 Å². The van der Waals surface area contributed by atoms with Crippen LogP contribution in [0.25, 0.3) is 10.9 Å². The minimum Gasteiger partial charge on any atom is -0.497 e. The maximum Gasteiger partial charge on any atom is 0.303 e. The summed E-state index contributed by atoms with van der Waals surface area (Å²) in [6.07, 6.45) is 9.68. The normalized spacial score (nSPS) is 19.3. The number of thioether (sulfide) groups is 1. The number of ether oxygens (including phenoxy) is 1. The fourth-order valence-electron chi connectivity index (χ4n) is 5.12. The lowest BCUT2D eigenvalue weighted by Gasteiger charge is -2.39. The highest BCUT2D eigenvalue weighted by atomic mass is 32.2. The van der Waals surface area contributed by atoms with Crippen molar-refractivity contribution < 1.29 is 19.7 Å². The van der Waals surface area contributed by atoms with Crippen LogP contribution in [-0.2, 0) is 4.79 Å². The fourth-order valence-corrected chi connectivity index (χ4v) is 5.98. The lowest BCUT2D eigenvalue weighted by Crippen LogP contribution is -2.41. The van der Waals surface area contributed by atoms with E-state index in [1.165, 1.54) is 6.33 Å². The Hall–Kier alpha value is -2.75. The molecular weight excluding hydrogens is 476 g/mol. The van der Waals surface area contributed by atoms with Crippen LogP contribution in [0, 0.1) is 11.8 Å². The number of carbonyl (C=O) groups is 1. The number of likely N-dealkylation sites (tertiary alicyclic amines) is 1. The Morgan fingerprint density at radius 1 is 1.22 bits per heavy atom. The summed E-state index contributed by atoms with van der Waals surface area (Å²) in [5.41, 5.74) is 1.69. The first-order valence-electron chi connectivity index (χ1n) is 12.5. The molecule has 2 unspecified atom stereocenters. The molecule has 0 saturated carbocycles. The Balaban J connectivity index is 1.35. The maximum atomic E-state index is 11.3. The molecule has 9 heteroatoms. The van der Waals surface area contributed by atoms with E-state index in [0.717, 1.165) is 65.3 Å². The summed E-state index contributed by atoms with van der Waals surface area (Å²) in [4.78, 5) is 27.4. The molecule has 3 heterocycles. The monoisotopic (exact) mass is 510 g/mol. The van der Waals surface area contributed by atoms with Gasteiger partial charge >= 0.3 is 5.97 Å². The minimum absolute atomic E-state index is 0.183. The molecule has 8 nitrogen and oxygen atoms in total. The van der Waals surface area contributed by atoms with Crippen LogP contribution < -0.4 is 4.74 Å². The molecule has 0 radical (unpaired) electrons. The first-order chi connectivity index (χ1) is 17.5. The van der Waals surface area contributed by atoms with Gasteiger partial charge in [-0.25, -0.2) is 9.97 Å². The summed E-state index contributed by atoms with van der Waals surface area (Å²) in [6.45, 7) is 2.84. The van der Waals surface area contributed by atoms with Crippen LogP contribution in [0.15, 0.2) is 54.1 Å². The van der Waals surface area contributed by atoms with Crippen molar-refractivity contribution in [3.63, 3.8) is 0 Å². The molecule has 36 heavy (non-hydrogen) atoms. The Morgan fingerprint density at radius 2 is 2.06 bits per heavy atom. The maximum absolute atomic E-state index is 11.3. The van der Waals surface area contributed by atoms with Crippen LogP contribution in [0.3, 0.4) is 0 Å². The van der Waals surface area contributed by atoms with Gasteiger partial charge in [0, 0.05) is 54.1 Å². The number of carboxylic acids is 1. The molecular formula is C27H34N4O4S. The summed E-state index contributed by atoms with van der Waals surface area (Å²) in [6, 6.07) is 7.59. The van der Waals surface area contributed by atoms with Crippen LogP contribution in [0.5, 0.6) is 5.75 Å². The van der Waals surface area contributed by atoms with Crippen LogP contribution in [-0.4, -0.2) is 68.5 Å². The van der Waals surface area contributed by atoms with Gasteiger partial charge in [0.25, 0.3) is 0 Å². The number of nitrogens with zero attached hydrogens (tertiary/aromatic N) is 4. The summed E-state index contributed by atoms with van der Waals surface area (Å²) in [5, 5.41) is 21.3. The number of aliphatic hydroxyl groups excluding tert-OH is 1. The zero-order chi connectivity index (χ0) is 25.3. The third kappa shape index (κ3) is 7.15. The molecule has 0 bridgehead atoms. The van der Waals surface area contributed by atoms with Crippen molar-refractivity contribution in [3.05, 3.63) is 54.7 Å². The third-order valence-electron chi connectivity index (χ3n) is 7.07. The Bertz CT molecular complexity index is 1130. The van der Waals surface area contributed by atoms with Gasteiger partial charge < -0.3 is 19.8 Å². The van der Waals surface area contributed by atoms with Crippen molar-refractivity contribution in [2.75, 3.05) is 32.5 Å². The number of pyridine rings is 1. The Labute approximate surface area is 216 Å². The summed E-state index contributed by atoms with van der Waals surface area (Å²) >= 11 is 1.74. The van der Waals surface area contributed by atoms with Gasteiger partial charge in [-0.15, -0.1) is 11.8 Å². The van der Waals surface area contributed by atoms with E-state index < -0.39 is 12.1 Å². The van der Waals surface area contributed by atoms with Gasteiger partial charge in [-0.1, -0.05) is 0 Å². The molecule has 0 spiro atoms. The molecule has 1 aromatic carbocycles. The van der Waals surface area contributed by atoms with E-state index in [0.29, 0.717) is 24.7 Å². The number of carboxylic acid groups (broad SMARTS) is 1. The van der Waals surface area contributed by atoms with Crippen LogP contribution in [0.1, 0.15) is 43.8 Å². The molecule has 2 N–H and O–H groups in total. The van der Waals surface area contributed by atoms with Crippen molar-refractivity contribution in [1.29, 1.82) is 0 Å². The van der Waals surface area contributed by atoms with Gasteiger partial charge in [-0.3, -0.25) is 9.78 Å². The van der Waals surface area contributed by atoms with E-state index in [1.807, 2.05) is 36.7 Å². The highest BCUT2D eigenvalue weighted by Crippen LogP contribution is 2.35. The zero-order valence-electron chi connectivity index (χ0n) is 20.6. The molecule has 1 aliphatic rings. The SMILES string of the molecule is COc1ccc2nccc([C@@H](O)CCC3CCN(CCSc4cncnc4)CC3CCC(=O)O)c2c1. The van der Waals surface area contributed by atoms with Crippen LogP contribution in [0.4, 0.5) is 0 Å². The summed E-state index contributed by atoms with van der Waals surface area (Å²) < 4.78 is 5.37. The number of hydrogen-bond acceptors (Lipinski definition) is 8. The fraction of sp³-hybridized carbons (Fsp3) is 0.481. The van der Waals surface area contributed by atoms with E-state index in [9.17, 15) is 15.0 Å². The van der Waals surface area contributed by atoms with Crippen molar-refractivity contribution in [2.45, 2.75) is 43.1 Å². The second-order valence-corrected chi connectivity index (χ2v) is 10.5. The summed E-state index contributed by atoms with van der Waals surface area (Å²) in [7, 11) is 1.63. The number of piperidine rings is 1. The predicted octanol–water partition coefficient (Wildman–Crippen LogP) is 4.44. The topological polar surface area (TPSA) is 109 Å². The van der Waals surface area contributed by atoms with Crippen molar-refractivity contribution in [1.82, 2.24) is 19.9 Å². The highest BCUT2D eigenvalue weighted by molar-refractivity contribution is 7.99. The van der Waals surface area contributed by atoms with Crippen LogP contribution in [0.2, 0.25) is 0 Å². The molecule has 0 aliphatic carbocycles. The lowest BCUT2D eigenvalue weighted by atomic mass is 9.79. The molecule has 1 saturated heterocycles. The summed E-state index contributed by atoms with van der Waals surface area (Å²) in [5.74, 6) is 1.64. The molecule has 2 aromatic heterocycles. The lowest BCUT2D eigenvalue weighted by molar-refractivity contribution is -0.137. The smallest absolute Gasteiger partial charge is 0.303 e. The molecule has 3 aromatic rings. The number of benzene rings is 1. The second kappa shape index (κ2) is 13.0. The Kier molecular flexibility index (Phi) is 9.49. The standard InChI is InChI=1S/C27H34N4O4S/c1-35-21-4-5-25-24(14-21)23(8-10-30-25)26(32)6-2-19-9-11-31(17-20(19)3-7-27(33)34)12-13-36-22-15-28-18-29-16-22/h4-5,8,10,14-16,18-20,26,32H,2-3,6-7,9,11-13,17H2,1H3,(H,33,34)/t19?,20?,26-/m0/s1. The van der Waals surface area contributed by atoms with E-state index in [-0.39, 0.29) is 6.42 Å². The van der Waals surface area contributed by atoms with Crippen molar-refractivity contribution in [2.24, 2.45) is 11.8 Å². The van der Waals surface area contributed by atoms with Crippen molar-refractivity contribution in [3.8, 4) is 5.75 Å². The Morgan fingerprint density at radius 3 is 2.83 bits per heavy atom. The first kappa shape index (κ1) is 26.3. The largest absolute Gasteiger partial charge is 0.497 e. The molecule has 1 fully saturated rings. The molecule has 192 valence electrons. The first-order valence-corrected chi connectivity index (χ1v) is 13.4. The van der Waals surface area contributed by atoms with Gasteiger partial charge in [0.2, 0.25) is 0 Å². The average molecular weight is 511 g/mol. The number of aromatic nitrogens is 3. The molecule has 3 atom stereocenters. The molecule has 4 rings (SSSR count). The third-order valence-corrected chi connectivity index (χ3v) is 8.00. The number of hydrogen-bond donors (Lipinski definition) is 2. The average Bonchev–Trinajstić information content (AvgIpc) is 2.91. The van der Waals surface area contributed by atoms with Gasteiger partial charge in [0.1, 0.15) is 12.1 Å². The number of aliphatic carboxylic acids is 1. The molecule has 0 amide bonds. The van der Waals surface area contributed by atoms with Gasteiger partial charge in [0.05, 0.1) is 18.7 Å². The predicted molar refractivity (Wildman–Crippen MR) is 140 cm³/mol. The van der Waals surface area contributed by atoms with E-state index >= 15 is 0 Å². The van der Waals surface area contributed by atoms with E-state index in [4.69, 9.17) is 4.74 Å². The minimum atomic E-state index is -0.747. The number of aliphatic hydroxyl groups is 1. The van der Waals surface area contributed by atoms with Crippen LogP contribution >= 0.6 is 11.8 Å². The number of methoxy groups -OCH3 is 1. The number of fused-ring (bicyclic) bond motifs is 1. The second-order valence-electron chi connectivity index (χ2n) is 9.34. The van der Waals surface area contributed by atoms with E-state index in [2.05, 4.69) is 19.9 Å². The zero-order valence-corrected chi connectivity index (χ0v) is 21.4. The quantitative estimate of drug-likeness (QED) is 0.342. The van der Waals surface area contributed by atoms with Gasteiger partial charge in [-0.2, -0.15) is 0 Å². The highest BCUT2D eigenvalue weighted by Gasteiger charge is 2.30. The molecule has 1 aliphatic heterocycles. The van der Waals surface area contributed by atoms with Crippen molar-refractivity contribution >= 4 is 28.6 Å². The van der Waals surface area contributed by atoms with Gasteiger partial charge in [-0.05, 0) is 73.9 Å². The number of rotatable bonds is 12.